The van der Waals surface area contributed by atoms with E-state index in [4.69, 9.17) is 9.29 Å². The molecular formula is C16H30O6S. The molecule has 1 N–H and O–H groups in total. The normalized spacial score (nSPS) is 11.9. The molecule has 0 heterocycles. The molecule has 0 aliphatic heterocycles. The van der Waals surface area contributed by atoms with Crippen molar-refractivity contribution in [1.82, 2.24) is 0 Å². The quantitative estimate of drug-likeness (QED) is 0.273. The van der Waals surface area contributed by atoms with E-state index in [1.54, 1.807) is 0 Å². The predicted octanol–water partition coefficient (Wildman–Crippen LogP) is 3.91. The lowest BCUT2D eigenvalue weighted by Crippen LogP contribution is -2.11. The van der Waals surface area contributed by atoms with Crippen LogP contribution < -0.4 is 0 Å². The van der Waals surface area contributed by atoms with Crippen molar-refractivity contribution in [2.45, 2.75) is 84.0 Å². The first kappa shape index (κ1) is 22.1. The summed E-state index contributed by atoms with van der Waals surface area (Å²) in [5.41, 5.74) is 0. The third-order valence-electron chi connectivity index (χ3n) is 3.46. The number of hydrogen-bond acceptors (Lipinski definition) is 5. The fourth-order valence-electron chi connectivity index (χ4n) is 2.17. The first-order valence-corrected chi connectivity index (χ1v) is 9.57. The molecule has 1 atom stereocenters. The number of carbonyl (C=O) groups excluding carboxylic acids is 2. The van der Waals surface area contributed by atoms with Crippen LogP contribution in [0.2, 0.25) is 0 Å². The van der Waals surface area contributed by atoms with Crippen LogP contribution in [-0.4, -0.2) is 27.3 Å². The molecule has 136 valence electrons. The summed E-state index contributed by atoms with van der Waals surface area (Å²) in [7, 11) is 0. The van der Waals surface area contributed by atoms with E-state index < -0.39 is 23.3 Å². The maximum absolute atomic E-state index is 11.3. The van der Waals surface area contributed by atoms with Gasteiger partial charge in [0, 0.05) is 0 Å². The zero-order valence-electron chi connectivity index (χ0n) is 14.1. The van der Waals surface area contributed by atoms with E-state index >= 15 is 0 Å². The lowest BCUT2D eigenvalue weighted by Gasteiger charge is -2.05. The van der Waals surface area contributed by atoms with Gasteiger partial charge in [0.05, 0.1) is 19.4 Å². The fourth-order valence-corrected chi connectivity index (χ4v) is 2.42. The van der Waals surface area contributed by atoms with Gasteiger partial charge in [0.2, 0.25) is 0 Å². The van der Waals surface area contributed by atoms with Gasteiger partial charge in [0.25, 0.3) is 0 Å². The Kier molecular flexibility index (Phi) is 15.3. The standard InChI is InChI=1S/C16H30O6S/c1-2-3-4-5-6-7-8-9-10-11-14-21-15(17)12-13-16(18)22-23(19)20/h2-14H2,1H3,(H,19,20). The molecule has 0 bridgehead atoms. The fraction of sp³-hybridized carbons (Fsp3) is 0.875. The largest absolute Gasteiger partial charge is 0.466 e. The maximum atomic E-state index is 11.3. The van der Waals surface area contributed by atoms with Gasteiger partial charge in [0.15, 0.2) is 0 Å². The van der Waals surface area contributed by atoms with Crippen LogP contribution in [0.1, 0.15) is 84.0 Å². The van der Waals surface area contributed by atoms with Crippen LogP contribution in [-0.2, 0) is 29.9 Å². The third-order valence-corrected chi connectivity index (χ3v) is 3.79. The molecule has 6 nitrogen and oxygen atoms in total. The highest BCUT2D eigenvalue weighted by molar-refractivity contribution is 7.74. The molecule has 0 radical (unpaired) electrons. The number of hydrogen-bond donors (Lipinski definition) is 1. The van der Waals surface area contributed by atoms with Crippen molar-refractivity contribution in [2.24, 2.45) is 0 Å². The van der Waals surface area contributed by atoms with E-state index in [2.05, 4.69) is 11.1 Å². The van der Waals surface area contributed by atoms with Crippen LogP contribution in [0, 0.1) is 0 Å². The molecule has 0 aromatic rings. The smallest absolute Gasteiger partial charge is 0.360 e. The van der Waals surface area contributed by atoms with Crippen molar-refractivity contribution in [3.05, 3.63) is 0 Å². The van der Waals surface area contributed by atoms with Crippen LogP contribution in [0.15, 0.2) is 0 Å². The van der Waals surface area contributed by atoms with Gasteiger partial charge >= 0.3 is 23.3 Å². The van der Waals surface area contributed by atoms with E-state index in [9.17, 15) is 13.8 Å². The number of rotatable bonds is 15. The minimum atomic E-state index is -2.63. The minimum absolute atomic E-state index is 0.131. The summed E-state index contributed by atoms with van der Waals surface area (Å²) in [6, 6.07) is 0. The second-order valence-electron chi connectivity index (χ2n) is 5.57. The van der Waals surface area contributed by atoms with Gasteiger partial charge in [-0.3, -0.25) is 14.1 Å². The molecule has 0 fully saturated rings. The predicted molar refractivity (Wildman–Crippen MR) is 88.9 cm³/mol. The molecule has 1 unspecified atom stereocenters. The van der Waals surface area contributed by atoms with Crippen LogP contribution in [0.5, 0.6) is 0 Å². The number of unbranched alkanes of at least 4 members (excludes halogenated alkanes) is 9. The summed E-state index contributed by atoms with van der Waals surface area (Å²) in [6.07, 6.45) is 11.7. The molecule has 0 aromatic heterocycles. The van der Waals surface area contributed by atoms with E-state index in [0.29, 0.717) is 6.61 Å². The minimum Gasteiger partial charge on any atom is -0.466 e. The Morgan fingerprint density at radius 1 is 0.826 bits per heavy atom. The lowest BCUT2D eigenvalue weighted by atomic mass is 10.1. The second kappa shape index (κ2) is 15.9. The van der Waals surface area contributed by atoms with E-state index in [-0.39, 0.29) is 12.8 Å². The monoisotopic (exact) mass is 350 g/mol. The molecule has 0 aliphatic carbocycles. The molecule has 0 rings (SSSR count). The van der Waals surface area contributed by atoms with Crippen molar-refractivity contribution in [3.8, 4) is 0 Å². The SMILES string of the molecule is CCCCCCCCCCCCOC(=O)CCC(=O)OS(=O)O. The number of ether oxygens (including phenoxy) is 1. The Bertz CT molecular complexity index is 345. The van der Waals surface area contributed by atoms with Gasteiger partial charge in [-0.15, -0.1) is 0 Å². The third kappa shape index (κ3) is 17.2. The average molecular weight is 350 g/mol. The van der Waals surface area contributed by atoms with Crippen molar-refractivity contribution in [3.63, 3.8) is 0 Å². The molecule has 0 aliphatic rings. The first-order chi connectivity index (χ1) is 11.1. The Labute approximate surface area is 141 Å². The number of carbonyl (C=O) groups is 2. The van der Waals surface area contributed by atoms with E-state index in [1.165, 1.54) is 44.9 Å². The summed E-state index contributed by atoms with van der Waals surface area (Å²) in [5, 5.41) is 0. The van der Waals surface area contributed by atoms with Gasteiger partial charge in [-0.1, -0.05) is 64.7 Å². The van der Waals surface area contributed by atoms with Crippen LogP contribution in [0.3, 0.4) is 0 Å². The lowest BCUT2D eigenvalue weighted by molar-refractivity contribution is -0.147. The molecule has 0 spiro atoms. The molecular weight excluding hydrogens is 320 g/mol. The highest BCUT2D eigenvalue weighted by atomic mass is 32.2. The maximum Gasteiger partial charge on any atom is 0.360 e. The number of esters is 1. The van der Waals surface area contributed by atoms with E-state index in [0.717, 1.165) is 19.3 Å². The van der Waals surface area contributed by atoms with Crippen LogP contribution >= 0.6 is 0 Å². The van der Waals surface area contributed by atoms with Crippen molar-refractivity contribution in [2.75, 3.05) is 6.61 Å². The first-order valence-electron chi connectivity index (χ1n) is 8.54. The van der Waals surface area contributed by atoms with Gasteiger partial charge in [0.1, 0.15) is 0 Å². The van der Waals surface area contributed by atoms with Gasteiger partial charge in [-0.2, -0.15) is 4.21 Å². The molecule has 0 saturated carbocycles. The summed E-state index contributed by atoms with van der Waals surface area (Å²) in [5.74, 6) is -1.37. The Morgan fingerprint density at radius 3 is 1.83 bits per heavy atom. The van der Waals surface area contributed by atoms with E-state index in [1.807, 2.05) is 0 Å². The molecule has 0 saturated heterocycles. The van der Waals surface area contributed by atoms with Crippen molar-refractivity contribution >= 4 is 23.3 Å². The zero-order chi connectivity index (χ0) is 17.3. The summed E-state index contributed by atoms with van der Waals surface area (Å²) >= 11 is -2.63. The van der Waals surface area contributed by atoms with Gasteiger partial charge in [-0.25, -0.2) is 0 Å². The Balaban J connectivity index is 3.29. The van der Waals surface area contributed by atoms with Gasteiger partial charge < -0.3 is 8.92 Å². The average Bonchev–Trinajstić information content (AvgIpc) is 2.50. The van der Waals surface area contributed by atoms with Crippen molar-refractivity contribution in [1.29, 1.82) is 0 Å². The summed E-state index contributed by atoms with van der Waals surface area (Å²) in [6.45, 7) is 2.58. The highest BCUT2D eigenvalue weighted by Crippen LogP contribution is 2.10. The zero-order valence-corrected chi connectivity index (χ0v) is 14.9. The summed E-state index contributed by atoms with van der Waals surface area (Å²) in [4.78, 5) is 22.3. The van der Waals surface area contributed by atoms with Crippen LogP contribution in [0.25, 0.3) is 0 Å². The Hall–Kier alpha value is -0.950. The topological polar surface area (TPSA) is 89.9 Å². The van der Waals surface area contributed by atoms with Crippen LogP contribution in [0.4, 0.5) is 0 Å². The van der Waals surface area contributed by atoms with Crippen molar-refractivity contribution < 1.29 is 27.3 Å². The van der Waals surface area contributed by atoms with Gasteiger partial charge in [-0.05, 0) is 6.42 Å². The highest BCUT2D eigenvalue weighted by Gasteiger charge is 2.11. The molecule has 7 heteroatoms. The molecule has 23 heavy (non-hydrogen) atoms. The second-order valence-corrected chi connectivity index (χ2v) is 6.18. The summed E-state index contributed by atoms with van der Waals surface area (Å²) < 4.78 is 27.5. The Morgan fingerprint density at radius 2 is 1.30 bits per heavy atom. The molecule has 0 amide bonds. The molecule has 0 aromatic carbocycles.